The number of hydrogen-bond donors (Lipinski definition) is 2. The van der Waals surface area contributed by atoms with E-state index in [2.05, 4.69) is 71.8 Å². The van der Waals surface area contributed by atoms with E-state index in [0.717, 1.165) is 37.4 Å². The van der Waals surface area contributed by atoms with Crippen molar-refractivity contribution in [2.45, 2.75) is 64.1 Å². The fraction of sp³-hybridized carbons (Fsp3) is 0.444. The molecule has 3 aromatic rings. The predicted octanol–water partition coefficient (Wildman–Crippen LogP) is 3.86. The molecule has 0 spiro atoms. The van der Waals surface area contributed by atoms with Crippen LogP contribution in [-0.4, -0.2) is 47.1 Å². The van der Waals surface area contributed by atoms with E-state index >= 15 is 0 Å². The number of nitrogens with one attached hydrogen (secondary N) is 1. The van der Waals surface area contributed by atoms with E-state index in [4.69, 9.17) is 9.26 Å². The summed E-state index contributed by atoms with van der Waals surface area (Å²) >= 11 is 0. The summed E-state index contributed by atoms with van der Waals surface area (Å²) < 4.78 is 11.8. The Balaban J connectivity index is 1.24. The van der Waals surface area contributed by atoms with Gasteiger partial charge >= 0.3 is 0 Å². The van der Waals surface area contributed by atoms with Crippen LogP contribution in [0.1, 0.15) is 41.0 Å². The highest BCUT2D eigenvalue weighted by atomic mass is 16.5. The van der Waals surface area contributed by atoms with Gasteiger partial charge in [-0.25, -0.2) is 0 Å². The number of aromatic nitrogens is 1. The molecular weight excluding hydrogens is 414 g/mol. The summed E-state index contributed by atoms with van der Waals surface area (Å²) in [6.45, 7) is 5.08. The van der Waals surface area contributed by atoms with E-state index in [1.807, 2.05) is 18.2 Å². The zero-order chi connectivity index (χ0) is 23.0. The number of benzene rings is 2. The molecule has 6 heteroatoms. The van der Waals surface area contributed by atoms with Crippen molar-refractivity contribution in [2.75, 3.05) is 13.6 Å². The molecule has 1 aromatic heterocycles. The van der Waals surface area contributed by atoms with E-state index in [9.17, 15) is 5.11 Å². The van der Waals surface area contributed by atoms with Gasteiger partial charge in [-0.3, -0.25) is 4.90 Å². The Bertz CT molecular complexity index is 991. The molecule has 2 aromatic carbocycles. The Kier molecular flexibility index (Phi) is 8.29. The van der Waals surface area contributed by atoms with Crippen molar-refractivity contribution in [3.8, 4) is 0 Å². The van der Waals surface area contributed by atoms with Crippen LogP contribution in [0, 0.1) is 6.92 Å². The second kappa shape index (κ2) is 11.6. The molecule has 0 unspecified atom stereocenters. The Morgan fingerprint density at radius 1 is 1.06 bits per heavy atom. The first kappa shape index (κ1) is 23.6. The number of rotatable bonds is 10. The molecule has 6 nitrogen and oxygen atoms in total. The molecule has 4 rings (SSSR count). The lowest BCUT2D eigenvalue weighted by Crippen LogP contribution is -2.45. The van der Waals surface area contributed by atoms with Crippen LogP contribution in [0.5, 0.6) is 0 Å². The minimum absolute atomic E-state index is 0.0404. The summed E-state index contributed by atoms with van der Waals surface area (Å²) in [5, 5.41) is 18.1. The molecule has 33 heavy (non-hydrogen) atoms. The first-order chi connectivity index (χ1) is 16.1. The van der Waals surface area contributed by atoms with Crippen molar-refractivity contribution in [1.82, 2.24) is 15.4 Å². The Hall–Kier alpha value is -2.51. The highest BCUT2D eigenvalue weighted by molar-refractivity contribution is 5.25. The van der Waals surface area contributed by atoms with Gasteiger partial charge in [0.15, 0.2) is 5.76 Å². The smallest absolute Gasteiger partial charge is 0.150 e. The van der Waals surface area contributed by atoms with Gasteiger partial charge in [-0.05, 0) is 43.5 Å². The van der Waals surface area contributed by atoms with Crippen LogP contribution >= 0.6 is 0 Å². The fourth-order valence-corrected chi connectivity index (χ4v) is 4.42. The molecule has 1 fully saturated rings. The maximum absolute atomic E-state index is 10.4. The third kappa shape index (κ3) is 6.98. The predicted molar refractivity (Wildman–Crippen MR) is 129 cm³/mol. The number of nitrogens with zero attached hydrogens (tertiary/aromatic N) is 2. The second-order valence-corrected chi connectivity index (χ2v) is 9.15. The number of aryl methyl sites for hydroxylation is 1. The molecule has 3 atom stereocenters. The normalized spacial score (nSPS) is 20.9. The molecule has 0 bridgehead atoms. The van der Waals surface area contributed by atoms with E-state index < -0.39 is 6.10 Å². The van der Waals surface area contributed by atoms with E-state index in [-0.39, 0.29) is 12.2 Å². The molecule has 176 valence electrons. The summed E-state index contributed by atoms with van der Waals surface area (Å²) in [6.07, 6.45) is 1.66. The van der Waals surface area contributed by atoms with Gasteiger partial charge in [-0.15, -0.1) is 0 Å². The average molecular weight is 450 g/mol. The molecular formula is C27H35N3O3. The third-order valence-corrected chi connectivity index (χ3v) is 6.27. The molecule has 2 N–H and O–H groups in total. The molecule has 0 saturated carbocycles. The lowest BCUT2D eigenvalue weighted by atomic mass is 9.98. The number of aliphatic hydroxyl groups is 1. The molecule has 1 aliphatic rings. The van der Waals surface area contributed by atoms with Gasteiger partial charge in [0.05, 0.1) is 30.6 Å². The largest absolute Gasteiger partial charge is 0.390 e. The standard InChI is InChI=1S/C27H35N3O3/c1-20-8-6-7-11-22(20)16-28-17-27-26(31)13-12-24(32-27)14-23-15-25(33-29-23)19-30(2)18-21-9-4-3-5-10-21/h3-11,15,24,26-28,31H,12-14,16-19H2,1-2H3/t24-,26-,27+/m0/s1. The highest BCUT2D eigenvalue weighted by Gasteiger charge is 2.30. The Morgan fingerprint density at radius 3 is 2.67 bits per heavy atom. The molecule has 0 aliphatic carbocycles. The Labute approximate surface area is 196 Å². The van der Waals surface area contributed by atoms with Gasteiger partial charge in [-0.2, -0.15) is 0 Å². The van der Waals surface area contributed by atoms with Gasteiger partial charge in [-0.1, -0.05) is 59.8 Å². The zero-order valence-corrected chi connectivity index (χ0v) is 19.6. The first-order valence-corrected chi connectivity index (χ1v) is 11.8. The van der Waals surface area contributed by atoms with Gasteiger partial charge in [0.2, 0.25) is 0 Å². The lowest BCUT2D eigenvalue weighted by Gasteiger charge is -2.34. The van der Waals surface area contributed by atoms with Crippen molar-refractivity contribution >= 4 is 0 Å². The monoisotopic (exact) mass is 449 g/mol. The molecule has 0 amide bonds. The zero-order valence-electron chi connectivity index (χ0n) is 19.6. The topological polar surface area (TPSA) is 70.8 Å². The van der Waals surface area contributed by atoms with Crippen LogP contribution in [0.15, 0.2) is 65.2 Å². The minimum Gasteiger partial charge on any atom is -0.390 e. The number of aliphatic hydroxyl groups excluding tert-OH is 1. The van der Waals surface area contributed by atoms with Gasteiger partial charge in [0.25, 0.3) is 0 Å². The number of ether oxygens (including phenoxy) is 1. The minimum atomic E-state index is -0.440. The van der Waals surface area contributed by atoms with Crippen LogP contribution in [0.3, 0.4) is 0 Å². The van der Waals surface area contributed by atoms with Crippen LogP contribution in [-0.2, 0) is 30.8 Å². The van der Waals surface area contributed by atoms with Crippen molar-refractivity contribution < 1.29 is 14.4 Å². The second-order valence-electron chi connectivity index (χ2n) is 9.15. The first-order valence-electron chi connectivity index (χ1n) is 11.8. The summed E-state index contributed by atoms with van der Waals surface area (Å²) in [5.74, 6) is 0.857. The van der Waals surface area contributed by atoms with E-state index in [1.54, 1.807) is 0 Å². The van der Waals surface area contributed by atoms with Gasteiger partial charge < -0.3 is 19.7 Å². The SMILES string of the molecule is Cc1ccccc1CNC[C@H]1O[C@H](Cc2cc(CN(C)Cc3ccccc3)on2)CC[C@@H]1O. The van der Waals surface area contributed by atoms with E-state index in [0.29, 0.717) is 19.5 Å². The van der Waals surface area contributed by atoms with Crippen molar-refractivity contribution in [3.05, 3.63) is 88.8 Å². The summed E-state index contributed by atoms with van der Waals surface area (Å²) in [6, 6.07) is 20.8. The summed E-state index contributed by atoms with van der Waals surface area (Å²) in [4.78, 5) is 2.21. The maximum Gasteiger partial charge on any atom is 0.150 e. The van der Waals surface area contributed by atoms with Gasteiger partial charge in [0, 0.05) is 32.1 Å². The Morgan fingerprint density at radius 2 is 1.85 bits per heavy atom. The summed E-state index contributed by atoms with van der Waals surface area (Å²) in [7, 11) is 2.08. The van der Waals surface area contributed by atoms with Gasteiger partial charge in [0.1, 0.15) is 0 Å². The molecule has 1 aliphatic heterocycles. The lowest BCUT2D eigenvalue weighted by molar-refractivity contribution is -0.115. The fourth-order valence-electron chi connectivity index (χ4n) is 4.42. The third-order valence-electron chi connectivity index (χ3n) is 6.27. The number of hydrogen-bond acceptors (Lipinski definition) is 6. The highest BCUT2D eigenvalue weighted by Crippen LogP contribution is 2.23. The quantitative estimate of drug-likeness (QED) is 0.490. The molecule has 2 heterocycles. The maximum atomic E-state index is 10.4. The van der Waals surface area contributed by atoms with Crippen LogP contribution in [0.4, 0.5) is 0 Å². The van der Waals surface area contributed by atoms with Crippen LogP contribution < -0.4 is 5.32 Å². The average Bonchev–Trinajstić information content (AvgIpc) is 3.24. The summed E-state index contributed by atoms with van der Waals surface area (Å²) in [5.41, 5.74) is 4.72. The van der Waals surface area contributed by atoms with Crippen molar-refractivity contribution in [2.24, 2.45) is 0 Å². The van der Waals surface area contributed by atoms with Crippen LogP contribution in [0.2, 0.25) is 0 Å². The van der Waals surface area contributed by atoms with E-state index in [1.165, 1.54) is 16.7 Å². The molecule has 1 saturated heterocycles. The van der Waals surface area contributed by atoms with Crippen molar-refractivity contribution in [3.63, 3.8) is 0 Å². The van der Waals surface area contributed by atoms with Crippen LogP contribution in [0.25, 0.3) is 0 Å². The van der Waals surface area contributed by atoms with Crippen molar-refractivity contribution in [1.29, 1.82) is 0 Å². The molecule has 0 radical (unpaired) electrons.